The van der Waals surface area contributed by atoms with E-state index in [4.69, 9.17) is 4.52 Å². The summed E-state index contributed by atoms with van der Waals surface area (Å²) in [5.41, 5.74) is 2.02. The maximum atomic E-state index is 12.3. The van der Waals surface area contributed by atoms with Crippen molar-refractivity contribution in [1.29, 1.82) is 0 Å². The molecule has 1 fully saturated rings. The molecule has 0 saturated carbocycles. The number of hydrogen-bond donors (Lipinski definition) is 1. The lowest BCUT2D eigenvalue weighted by molar-refractivity contribution is 0.0935. The van der Waals surface area contributed by atoms with Crippen LogP contribution < -0.4 is 10.2 Å². The van der Waals surface area contributed by atoms with Gasteiger partial charge in [-0.3, -0.25) is 9.78 Å². The van der Waals surface area contributed by atoms with Gasteiger partial charge in [-0.2, -0.15) is 5.10 Å². The van der Waals surface area contributed by atoms with Gasteiger partial charge in [0.05, 0.1) is 5.69 Å². The molecule has 0 bridgehead atoms. The van der Waals surface area contributed by atoms with E-state index in [9.17, 15) is 4.79 Å². The molecule has 1 N–H and O–H groups in total. The molecule has 29 heavy (non-hydrogen) atoms. The smallest absolute Gasteiger partial charge is 0.273 e. The van der Waals surface area contributed by atoms with Crippen LogP contribution in [0.15, 0.2) is 47.2 Å². The van der Waals surface area contributed by atoms with Gasteiger partial charge >= 0.3 is 0 Å². The van der Waals surface area contributed by atoms with E-state index in [2.05, 4.69) is 51.3 Å². The zero-order chi connectivity index (χ0) is 20.4. The summed E-state index contributed by atoms with van der Waals surface area (Å²) in [6.45, 7) is 8.61. The standard InChI is InChI=1S/C21H24N6O2/c1-21(2,3)18-6-7-19(25-24-18)27-12-14(13-27)10-23-20(28)16-9-17(29-26-16)15-5-4-8-22-11-15/h4-9,11,14H,10,12-13H2,1-3H3,(H,23,28). The second-order valence-corrected chi connectivity index (χ2v) is 8.33. The van der Waals surface area contributed by atoms with E-state index < -0.39 is 0 Å². The molecule has 4 rings (SSSR count). The third-order valence-corrected chi connectivity index (χ3v) is 4.94. The molecule has 150 valence electrons. The zero-order valence-electron chi connectivity index (χ0n) is 16.8. The largest absolute Gasteiger partial charge is 0.355 e. The molecule has 1 amide bonds. The zero-order valence-corrected chi connectivity index (χ0v) is 16.8. The normalized spacial score (nSPS) is 14.5. The molecule has 0 radical (unpaired) electrons. The molecule has 0 spiro atoms. The maximum Gasteiger partial charge on any atom is 0.273 e. The molecule has 8 heteroatoms. The molecule has 1 aliphatic heterocycles. The van der Waals surface area contributed by atoms with Gasteiger partial charge < -0.3 is 14.7 Å². The number of anilines is 1. The third kappa shape index (κ3) is 4.26. The summed E-state index contributed by atoms with van der Waals surface area (Å²) in [4.78, 5) is 18.5. The highest BCUT2D eigenvalue weighted by Gasteiger charge is 2.29. The fraction of sp³-hybridized carbons (Fsp3) is 0.381. The van der Waals surface area contributed by atoms with E-state index in [-0.39, 0.29) is 17.0 Å². The van der Waals surface area contributed by atoms with E-state index in [0.717, 1.165) is 30.2 Å². The maximum absolute atomic E-state index is 12.3. The molecule has 1 aliphatic rings. The molecule has 3 aromatic rings. The number of nitrogens with zero attached hydrogens (tertiary/aromatic N) is 5. The van der Waals surface area contributed by atoms with E-state index in [0.29, 0.717) is 18.2 Å². The Kier molecular flexibility index (Phi) is 5.00. The number of carbonyl (C=O) groups excluding carboxylic acids is 1. The summed E-state index contributed by atoms with van der Waals surface area (Å²) in [6.07, 6.45) is 3.35. The van der Waals surface area contributed by atoms with E-state index in [1.807, 2.05) is 18.2 Å². The highest BCUT2D eigenvalue weighted by Crippen LogP contribution is 2.25. The van der Waals surface area contributed by atoms with Gasteiger partial charge in [-0.25, -0.2) is 0 Å². The second kappa shape index (κ2) is 7.62. The Bertz CT molecular complexity index is 972. The Morgan fingerprint density at radius 2 is 2.07 bits per heavy atom. The Labute approximate surface area is 169 Å². The fourth-order valence-electron chi connectivity index (χ4n) is 3.13. The molecule has 4 heterocycles. The van der Waals surface area contributed by atoms with Crippen molar-refractivity contribution in [2.45, 2.75) is 26.2 Å². The van der Waals surface area contributed by atoms with Crippen molar-refractivity contribution in [2.24, 2.45) is 5.92 Å². The summed E-state index contributed by atoms with van der Waals surface area (Å²) in [7, 11) is 0. The molecular formula is C21H24N6O2. The number of aromatic nitrogens is 4. The van der Waals surface area contributed by atoms with Gasteiger partial charge in [-0.15, -0.1) is 5.10 Å². The van der Waals surface area contributed by atoms with E-state index in [1.54, 1.807) is 24.5 Å². The van der Waals surface area contributed by atoms with Crippen LogP contribution in [0.2, 0.25) is 0 Å². The topological polar surface area (TPSA) is 97.0 Å². The molecule has 0 atom stereocenters. The van der Waals surface area contributed by atoms with Crippen molar-refractivity contribution in [3.8, 4) is 11.3 Å². The quantitative estimate of drug-likeness (QED) is 0.713. The number of carbonyl (C=O) groups is 1. The van der Waals surface area contributed by atoms with Crippen LogP contribution in [0.4, 0.5) is 5.82 Å². The third-order valence-electron chi connectivity index (χ3n) is 4.94. The Morgan fingerprint density at radius 3 is 2.72 bits per heavy atom. The number of pyridine rings is 1. The van der Waals surface area contributed by atoms with Gasteiger partial charge in [0.1, 0.15) is 0 Å². The van der Waals surface area contributed by atoms with Crippen molar-refractivity contribution < 1.29 is 9.32 Å². The minimum atomic E-state index is -0.239. The van der Waals surface area contributed by atoms with Gasteiger partial charge in [0.25, 0.3) is 5.91 Å². The highest BCUT2D eigenvalue weighted by atomic mass is 16.5. The number of amides is 1. The van der Waals surface area contributed by atoms with Crippen LogP contribution in [0.5, 0.6) is 0 Å². The first kappa shape index (κ1) is 19.0. The van der Waals surface area contributed by atoms with Crippen molar-refractivity contribution in [1.82, 2.24) is 25.7 Å². The summed E-state index contributed by atoms with van der Waals surface area (Å²) >= 11 is 0. The summed E-state index contributed by atoms with van der Waals surface area (Å²) in [5, 5.41) is 15.5. The number of nitrogens with one attached hydrogen (secondary N) is 1. The Balaban J connectivity index is 1.26. The van der Waals surface area contributed by atoms with Crippen LogP contribution in [0.25, 0.3) is 11.3 Å². The van der Waals surface area contributed by atoms with Crippen LogP contribution in [-0.2, 0) is 5.41 Å². The average molecular weight is 392 g/mol. The first-order valence-electron chi connectivity index (χ1n) is 9.64. The summed E-state index contributed by atoms with van der Waals surface area (Å²) in [6, 6.07) is 9.33. The van der Waals surface area contributed by atoms with Gasteiger partial charge in [0.2, 0.25) is 0 Å². The minimum Gasteiger partial charge on any atom is -0.355 e. The van der Waals surface area contributed by atoms with Gasteiger partial charge in [-0.05, 0) is 24.3 Å². The second-order valence-electron chi connectivity index (χ2n) is 8.33. The molecule has 8 nitrogen and oxygen atoms in total. The molecule has 0 aliphatic carbocycles. The minimum absolute atomic E-state index is 0.00863. The predicted molar refractivity (Wildman–Crippen MR) is 109 cm³/mol. The monoisotopic (exact) mass is 392 g/mol. The lowest BCUT2D eigenvalue weighted by atomic mass is 9.92. The lowest BCUT2D eigenvalue weighted by Gasteiger charge is -2.40. The highest BCUT2D eigenvalue weighted by molar-refractivity contribution is 5.93. The Morgan fingerprint density at radius 1 is 1.24 bits per heavy atom. The van der Waals surface area contributed by atoms with Crippen LogP contribution in [0.3, 0.4) is 0 Å². The van der Waals surface area contributed by atoms with Crippen LogP contribution >= 0.6 is 0 Å². The van der Waals surface area contributed by atoms with Crippen LogP contribution in [-0.4, -0.2) is 45.9 Å². The summed E-state index contributed by atoms with van der Waals surface area (Å²) in [5.74, 6) is 1.53. The van der Waals surface area contributed by atoms with Crippen molar-refractivity contribution in [2.75, 3.05) is 24.5 Å². The van der Waals surface area contributed by atoms with E-state index in [1.165, 1.54) is 0 Å². The van der Waals surface area contributed by atoms with Crippen molar-refractivity contribution >= 4 is 11.7 Å². The molecule has 0 unspecified atom stereocenters. The first-order chi connectivity index (χ1) is 13.9. The molecule has 3 aromatic heterocycles. The molecular weight excluding hydrogens is 368 g/mol. The van der Waals surface area contributed by atoms with Gasteiger partial charge in [-0.1, -0.05) is 25.9 Å². The molecule has 1 saturated heterocycles. The van der Waals surface area contributed by atoms with Crippen LogP contribution in [0.1, 0.15) is 37.0 Å². The van der Waals surface area contributed by atoms with E-state index >= 15 is 0 Å². The number of rotatable bonds is 5. The van der Waals surface area contributed by atoms with Crippen LogP contribution in [0, 0.1) is 5.92 Å². The molecule has 0 aromatic carbocycles. The fourth-order valence-corrected chi connectivity index (χ4v) is 3.13. The van der Waals surface area contributed by atoms with Crippen molar-refractivity contribution in [3.63, 3.8) is 0 Å². The SMILES string of the molecule is CC(C)(C)c1ccc(N2CC(CNC(=O)c3cc(-c4cccnc4)on3)C2)nn1. The average Bonchev–Trinajstić information content (AvgIpc) is 3.17. The van der Waals surface area contributed by atoms with Crippen molar-refractivity contribution in [3.05, 3.63) is 54.1 Å². The Hall–Kier alpha value is -3.29. The van der Waals surface area contributed by atoms with Gasteiger partial charge in [0.15, 0.2) is 17.3 Å². The first-order valence-corrected chi connectivity index (χ1v) is 9.64. The summed E-state index contributed by atoms with van der Waals surface area (Å²) < 4.78 is 5.25. The predicted octanol–water partition coefficient (Wildman–Crippen LogP) is 2.69. The van der Waals surface area contributed by atoms with Gasteiger partial charge in [0, 0.05) is 55.0 Å². The lowest BCUT2D eigenvalue weighted by Crippen LogP contribution is -2.52. The number of hydrogen-bond acceptors (Lipinski definition) is 7.